The molecule has 0 fully saturated rings. The summed E-state index contributed by atoms with van der Waals surface area (Å²) in [5, 5.41) is 1.62. The van der Waals surface area contributed by atoms with Crippen molar-refractivity contribution in [1.82, 2.24) is 4.98 Å². The summed E-state index contributed by atoms with van der Waals surface area (Å²) in [7, 11) is 0. The Labute approximate surface area is 143 Å². The van der Waals surface area contributed by atoms with Gasteiger partial charge in [0.05, 0.1) is 10.7 Å². The molecule has 1 aliphatic heterocycles. The molecule has 1 amide bonds. The molecule has 128 valence electrons. The van der Waals surface area contributed by atoms with Crippen LogP contribution in [0.15, 0.2) is 17.5 Å². The molecule has 10 heteroatoms. The Morgan fingerprint density at radius 3 is 2.79 bits per heavy atom. The van der Waals surface area contributed by atoms with Gasteiger partial charge in [-0.2, -0.15) is 13.2 Å². The van der Waals surface area contributed by atoms with Crippen molar-refractivity contribution in [3.05, 3.63) is 33.8 Å². The molecule has 1 aromatic heterocycles. The molecule has 0 unspecified atom stereocenters. The van der Waals surface area contributed by atoms with Crippen molar-refractivity contribution in [3.8, 4) is 11.5 Å². The number of ether oxygens (including phenoxy) is 2. The average molecular weight is 379 g/mol. The molecule has 0 N–H and O–H groups in total. The van der Waals surface area contributed by atoms with E-state index >= 15 is 0 Å². The molecule has 0 radical (unpaired) electrons. The van der Waals surface area contributed by atoms with Gasteiger partial charge in [-0.05, 0) is 19.1 Å². The van der Waals surface area contributed by atoms with Gasteiger partial charge in [-0.1, -0.05) is 11.6 Å². The predicted molar refractivity (Wildman–Crippen MR) is 82.2 cm³/mol. The van der Waals surface area contributed by atoms with Gasteiger partial charge in [-0.15, -0.1) is 11.3 Å². The van der Waals surface area contributed by atoms with E-state index in [-0.39, 0.29) is 34.0 Å². The number of aromatic nitrogens is 1. The Balaban J connectivity index is 1.98. The molecular weight excluding hydrogens is 369 g/mol. The van der Waals surface area contributed by atoms with Crippen LogP contribution in [0.2, 0.25) is 5.02 Å². The van der Waals surface area contributed by atoms with E-state index in [1.807, 2.05) is 0 Å². The Kier molecular flexibility index (Phi) is 4.31. The fraction of sp³-hybridized carbons (Fsp3) is 0.286. The Hall–Kier alpha value is -2.00. The van der Waals surface area contributed by atoms with E-state index in [0.29, 0.717) is 10.6 Å². The molecule has 2 aromatic rings. The van der Waals surface area contributed by atoms with Crippen molar-refractivity contribution < 1.29 is 27.4 Å². The number of thiazole rings is 1. The number of amides is 1. The van der Waals surface area contributed by atoms with Crippen LogP contribution in [-0.4, -0.2) is 30.4 Å². The molecule has 3 rings (SSSR count). The number of fused-ring (bicyclic) bond motifs is 1. The highest BCUT2D eigenvalue weighted by molar-refractivity contribution is 7.14. The molecule has 5 nitrogen and oxygen atoms in total. The van der Waals surface area contributed by atoms with E-state index in [0.717, 1.165) is 11.3 Å². The molecular formula is C14H10ClF3N2O3S. The third-order valence-electron chi connectivity index (χ3n) is 3.09. The van der Waals surface area contributed by atoms with Crippen LogP contribution in [0.4, 0.5) is 18.3 Å². The number of hydrogen-bond donors (Lipinski definition) is 0. The Morgan fingerprint density at radius 1 is 1.42 bits per heavy atom. The maximum atomic E-state index is 12.9. The van der Waals surface area contributed by atoms with Gasteiger partial charge in [0.1, 0.15) is 6.54 Å². The minimum atomic E-state index is -4.57. The van der Waals surface area contributed by atoms with E-state index in [2.05, 4.69) is 4.98 Å². The van der Waals surface area contributed by atoms with Gasteiger partial charge in [0.15, 0.2) is 16.6 Å². The average Bonchev–Trinajstić information content (AvgIpc) is 3.12. The van der Waals surface area contributed by atoms with Crippen molar-refractivity contribution >= 4 is 34.0 Å². The number of carbonyl (C=O) groups excluding carboxylic acids is 1. The number of rotatable bonds is 3. The number of aryl methyl sites for hydroxylation is 1. The monoisotopic (exact) mass is 378 g/mol. The summed E-state index contributed by atoms with van der Waals surface area (Å²) in [4.78, 5) is 17.2. The van der Waals surface area contributed by atoms with Crippen molar-refractivity contribution in [2.75, 3.05) is 18.2 Å². The zero-order chi connectivity index (χ0) is 17.5. The first-order valence-corrected chi connectivity index (χ1v) is 7.90. The Morgan fingerprint density at radius 2 is 2.17 bits per heavy atom. The van der Waals surface area contributed by atoms with Gasteiger partial charge in [0, 0.05) is 10.9 Å². The van der Waals surface area contributed by atoms with E-state index in [4.69, 9.17) is 21.1 Å². The van der Waals surface area contributed by atoms with Crippen LogP contribution in [-0.2, 0) is 0 Å². The molecule has 0 aliphatic carbocycles. The number of carbonyl (C=O) groups is 1. The lowest BCUT2D eigenvalue weighted by molar-refractivity contribution is -0.118. The molecule has 0 spiro atoms. The lowest BCUT2D eigenvalue weighted by atomic mass is 10.1. The summed E-state index contributed by atoms with van der Waals surface area (Å²) >= 11 is 6.95. The van der Waals surface area contributed by atoms with Crippen LogP contribution in [0.5, 0.6) is 11.5 Å². The van der Waals surface area contributed by atoms with Gasteiger partial charge < -0.3 is 9.47 Å². The van der Waals surface area contributed by atoms with Gasteiger partial charge in [0.2, 0.25) is 6.79 Å². The number of benzene rings is 1. The Bertz CT molecular complexity index is 794. The van der Waals surface area contributed by atoms with Crippen molar-refractivity contribution in [2.24, 2.45) is 0 Å². The standard InChI is InChI=1S/C14H10ClF3N2O3S/c1-7-4-24-13(19-7)20(5-14(16,17)18)12(21)8-2-9(15)11-10(3-8)22-6-23-11/h2-4H,5-6H2,1H3. The molecule has 1 aliphatic rings. The normalized spacial score (nSPS) is 13.2. The second kappa shape index (κ2) is 6.14. The first-order valence-electron chi connectivity index (χ1n) is 6.64. The van der Waals surface area contributed by atoms with E-state index < -0.39 is 18.6 Å². The van der Waals surface area contributed by atoms with Crippen LogP contribution in [0, 0.1) is 6.92 Å². The van der Waals surface area contributed by atoms with E-state index in [1.165, 1.54) is 12.1 Å². The maximum Gasteiger partial charge on any atom is 0.406 e. The largest absolute Gasteiger partial charge is 0.454 e. The summed E-state index contributed by atoms with van der Waals surface area (Å²) in [6.45, 7) is 0.114. The number of alkyl halides is 3. The highest BCUT2D eigenvalue weighted by Crippen LogP contribution is 2.40. The second-order valence-electron chi connectivity index (χ2n) is 4.97. The van der Waals surface area contributed by atoms with Crippen LogP contribution in [0.1, 0.15) is 16.1 Å². The highest BCUT2D eigenvalue weighted by atomic mass is 35.5. The number of hydrogen-bond acceptors (Lipinski definition) is 5. The maximum absolute atomic E-state index is 12.9. The zero-order valence-electron chi connectivity index (χ0n) is 12.2. The third-order valence-corrected chi connectivity index (χ3v) is 4.36. The molecule has 1 aromatic carbocycles. The smallest absolute Gasteiger partial charge is 0.406 e. The molecule has 0 atom stereocenters. The topological polar surface area (TPSA) is 51.7 Å². The van der Waals surface area contributed by atoms with Gasteiger partial charge >= 0.3 is 6.18 Å². The van der Waals surface area contributed by atoms with Gasteiger partial charge in [-0.25, -0.2) is 4.98 Å². The molecule has 0 saturated carbocycles. The summed E-state index contributed by atoms with van der Waals surface area (Å²) < 4.78 is 48.9. The minimum absolute atomic E-state index is 0.0383. The third kappa shape index (κ3) is 3.41. The summed E-state index contributed by atoms with van der Waals surface area (Å²) in [6.07, 6.45) is -4.57. The summed E-state index contributed by atoms with van der Waals surface area (Å²) in [5.41, 5.74) is 0.486. The summed E-state index contributed by atoms with van der Waals surface area (Å²) in [5.74, 6) is -0.393. The van der Waals surface area contributed by atoms with Crippen molar-refractivity contribution in [1.29, 1.82) is 0 Å². The van der Waals surface area contributed by atoms with E-state index in [9.17, 15) is 18.0 Å². The number of nitrogens with zero attached hydrogens (tertiary/aromatic N) is 2. The van der Waals surface area contributed by atoms with E-state index in [1.54, 1.807) is 12.3 Å². The first-order chi connectivity index (χ1) is 11.2. The molecule has 2 heterocycles. The van der Waals surface area contributed by atoms with Gasteiger partial charge in [-0.3, -0.25) is 9.69 Å². The summed E-state index contributed by atoms with van der Waals surface area (Å²) in [6, 6.07) is 2.56. The molecule has 0 bridgehead atoms. The molecule has 24 heavy (non-hydrogen) atoms. The van der Waals surface area contributed by atoms with Crippen molar-refractivity contribution in [2.45, 2.75) is 13.1 Å². The lowest BCUT2D eigenvalue weighted by Gasteiger charge is -2.21. The predicted octanol–water partition coefficient (Wildman–Crippen LogP) is 4.04. The zero-order valence-corrected chi connectivity index (χ0v) is 13.8. The van der Waals surface area contributed by atoms with Gasteiger partial charge in [0.25, 0.3) is 5.91 Å². The minimum Gasteiger partial charge on any atom is -0.454 e. The van der Waals surface area contributed by atoms with Crippen LogP contribution >= 0.6 is 22.9 Å². The molecule has 0 saturated heterocycles. The fourth-order valence-electron chi connectivity index (χ4n) is 2.12. The number of anilines is 1. The number of halogens is 4. The van der Waals surface area contributed by atoms with Crippen molar-refractivity contribution in [3.63, 3.8) is 0 Å². The first kappa shape index (κ1) is 16.8. The lowest BCUT2D eigenvalue weighted by Crippen LogP contribution is -2.39. The highest BCUT2D eigenvalue weighted by Gasteiger charge is 2.36. The van der Waals surface area contributed by atoms with Crippen LogP contribution in [0.3, 0.4) is 0 Å². The fourth-order valence-corrected chi connectivity index (χ4v) is 3.18. The quantitative estimate of drug-likeness (QED) is 0.808. The van der Waals surface area contributed by atoms with Crippen LogP contribution in [0.25, 0.3) is 0 Å². The second-order valence-corrected chi connectivity index (χ2v) is 6.21. The van der Waals surface area contributed by atoms with Crippen LogP contribution < -0.4 is 14.4 Å². The SMILES string of the molecule is Cc1csc(N(CC(F)(F)F)C(=O)c2cc(Cl)c3c(c2)OCO3)n1.